The molecule has 13 heteroatoms. The summed E-state index contributed by atoms with van der Waals surface area (Å²) >= 11 is 0. The molecule has 37 heavy (non-hydrogen) atoms. The van der Waals surface area contributed by atoms with E-state index in [1.807, 2.05) is 9.80 Å². The van der Waals surface area contributed by atoms with Crippen molar-refractivity contribution in [3.63, 3.8) is 0 Å². The number of anilines is 3. The molecule has 1 aromatic carbocycles. The van der Waals surface area contributed by atoms with Gasteiger partial charge in [0.1, 0.15) is 17.7 Å². The molecule has 11 nitrogen and oxygen atoms in total. The molecule has 192 valence electrons. The van der Waals surface area contributed by atoms with Crippen molar-refractivity contribution in [1.82, 2.24) is 29.5 Å². The van der Waals surface area contributed by atoms with Crippen molar-refractivity contribution in [1.29, 1.82) is 0 Å². The second-order valence-electron chi connectivity index (χ2n) is 9.12. The molecule has 1 atom stereocenters. The first-order chi connectivity index (χ1) is 18.0. The third-order valence-electron chi connectivity index (χ3n) is 6.82. The number of hydrogen-bond donors (Lipinski definition) is 1. The van der Waals surface area contributed by atoms with E-state index in [1.165, 1.54) is 22.9 Å². The second-order valence-corrected chi connectivity index (χ2v) is 9.12. The fraction of sp³-hybridized carbons (Fsp3) is 0.375. The summed E-state index contributed by atoms with van der Waals surface area (Å²) in [5.41, 5.74) is 6.51. The van der Waals surface area contributed by atoms with Crippen molar-refractivity contribution in [2.45, 2.75) is 25.3 Å². The number of carbonyl (C=O) groups excluding carboxylic acids is 1. The third kappa shape index (κ3) is 4.30. The summed E-state index contributed by atoms with van der Waals surface area (Å²) in [6, 6.07) is 6.61. The molecule has 2 fully saturated rings. The van der Waals surface area contributed by atoms with E-state index in [2.05, 4.69) is 20.1 Å². The maximum absolute atomic E-state index is 14.3. The number of nitrogens with two attached hydrogens (primary N) is 1. The van der Waals surface area contributed by atoms with E-state index in [0.717, 1.165) is 12.5 Å². The topological polar surface area (TPSA) is 122 Å². The van der Waals surface area contributed by atoms with E-state index >= 15 is 0 Å². The molecule has 2 aliphatic rings. The van der Waals surface area contributed by atoms with Crippen LogP contribution in [-0.2, 0) is 4.79 Å². The summed E-state index contributed by atoms with van der Waals surface area (Å²) in [5, 5.41) is 4.32. The third-order valence-corrected chi connectivity index (χ3v) is 6.82. The lowest BCUT2D eigenvalue weighted by molar-refractivity contribution is -0.132. The Balaban J connectivity index is 1.20. The Hall–Kier alpha value is -4.29. The fourth-order valence-electron chi connectivity index (χ4n) is 5.02. The lowest BCUT2D eigenvalue weighted by Gasteiger charge is -2.30. The van der Waals surface area contributed by atoms with Crippen molar-refractivity contribution in [2.24, 2.45) is 0 Å². The molecular formula is C24H25F2N9O2. The van der Waals surface area contributed by atoms with Crippen LogP contribution in [0.4, 0.5) is 26.4 Å². The van der Waals surface area contributed by atoms with E-state index in [9.17, 15) is 13.6 Å². The van der Waals surface area contributed by atoms with Gasteiger partial charge in [0.2, 0.25) is 23.6 Å². The first kappa shape index (κ1) is 23.1. The van der Waals surface area contributed by atoms with E-state index in [-0.39, 0.29) is 17.6 Å². The largest absolute Gasteiger partial charge is 0.461 e. The standard InChI is InChI=1S/C24H25F2N9O2/c25-15-6-7-17(16(26)14-15)32-8-3-9-33(12-11-32)21(36)18-4-1-10-34(18)23-29-22(27)35-24(30-23)28-20(31-35)19-5-2-13-37-19/h2,5-7,13-14,18H,1,3-4,8-12H2,(H2,27,28,29,30,31)/t18-/m0/s1. The van der Waals surface area contributed by atoms with Gasteiger partial charge < -0.3 is 24.9 Å². The zero-order valence-corrected chi connectivity index (χ0v) is 19.9. The number of benzene rings is 1. The molecule has 0 radical (unpaired) electrons. The molecule has 6 rings (SSSR count). The molecule has 0 bridgehead atoms. The predicted molar refractivity (Wildman–Crippen MR) is 131 cm³/mol. The van der Waals surface area contributed by atoms with Gasteiger partial charge >= 0.3 is 0 Å². The van der Waals surface area contributed by atoms with Crippen molar-refractivity contribution < 1.29 is 18.0 Å². The van der Waals surface area contributed by atoms with Crippen molar-refractivity contribution in [3.05, 3.63) is 48.2 Å². The van der Waals surface area contributed by atoms with Crippen LogP contribution in [0.15, 0.2) is 41.0 Å². The Morgan fingerprint density at radius 1 is 1.03 bits per heavy atom. The van der Waals surface area contributed by atoms with Gasteiger partial charge in [-0.05, 0) is 43.5 Å². The number of fused-ring (bicyclic) bond motifs is 1. The molecule has 5 heterocycles. The Morgan fingerprint density at radius 3 is 2.73 bits per heavy atom. The molecular weight excluding hydrogens is 484 g/mol. The number of rotatable bonds is 4. The van der Waals surface area contributed by atoms with Crippen molar-refractivity contribution in [3.8, 4) is 11.6 Å². The Kier molecular flexibility index (Phi) is 5.81. The van der Waals surface area contributed by atoms with Crippen LogP contribution in [0.2, 0.25) is 0 Å². The number of amides is 1. The molecule has 0 spiro atoms. The van der Waals surface area contributed by atoms with Gasteiger partial charge in [-0.2, -0.15) is 19.5 Å². The Morgan fingerprint density at radius 2 is 1.92 bits per heavy atom. The summed E-state index contributed by atoms with van der Waals surface area (Å²) in [4.78, 5) is 32.5. The molecule has 3 aromatic heterocycles. The fourth-order valence-corrected chi connectivity index (χ4v) is 5.02. The first-order valence-electron chi connectivity index (χ1n) is 12.2. The molecule has 1 amide bonds. The highest BCUT2D eigenvalue weighted by molar-refractivity contribution is 5.85. The SMILES string of the molecule is Nc1nc(N2CCC[C@H]2C(=O)N2CCCN(c3ccc(F)cc3F)CC2)nc2nc(-c3ccco3)nn12. The van der Waals surface area contributed by atoms with Gasteiger partial charge in [-0.1, -0.05) is 0 Å². The minimum Gasteiger partial charge on any atom is -0.461 e. The summed E-state index contributed by atoms with van der Waals surface area (Å²) in [6.45, 7) is 2.60. The number of halogens is 2. The molecule has 2 N–H and O–H groups in total. The van der Waals surface area contributed by atoms with Gasteiger partial charge in [0.15, 0.2) is 5.76 Å². The molecule has 2 aliphatic heterocycles. The lowest BCUT2D eigenvalue weighted by atomic mass is 10.2. The maximum atomic E-state index is 14.3. The van der Waals surface area contributed by atoms with Crippen LogP contribution in [0.25, 0.3) is 17.4 Å². The van der Waals surface area contributed by atoms with E-state index < -0.39 is 17.7 Å². The summed E-state index contributed by atoms with van der Waals surface area (Å²) in [7, 11) is 0. The molecule has 0 unspecified atom stereocenters. The highest BCUT2D eigenvalue weighted by Gasteiger charge is 2.36. The average Bonchev–Trinajstić information content (AvgIpc) is 3.62. The van der Waals surface area contributed by atoms with E-state index in [0.29, 0.717) is 68.8 Å². The molecule has 0 aliphatic carbocycles. The van der Waals surface area contributed by atoms with Gasteiger partial charge in [0.25, 0.3) is 5.78 Å². The maximum Gasteiger partial charge on any atom is 0.259 e. The second kappa shape index (κ2) is 9.30. The minimum absolute atomic E-state index is 0.0290. The molecule has 4 aromatic rings. The van der Waals surface area contributed by atoms with Gasteiger partial charge in [0.05, 0.1) is 12.0 Å². The number of aromatic nitrogens is 5. The van der Waals surface area contributed by atoms with Gasteiger partial charge in [0, 0.05) is 38.8 Å². The van der Waals surface area contributed by atoms with Crippen molar-refractivity contribution in [2.75, 3.05) is 48.3 Å². The lowest BCUT2D eigenvalue weighted by Crippen LogP contribution is -2.47. The highest BCUT2D eigenvalue weighted by atomic mass is 19.1. The highest BCUT2D eigenvalue weighted by Crippen LogP contribution is 2.27. The zero-order valence-electron chi connectivity index (χ0n) is 19.9. The minimum atomic E-state index is -0.612. The number of carbonyl (C=O) groups is 1. The van der Waals surface area contributed by atoms with Gasteiger partial charge in [-0.3, -0.25) is 4.79 Å². The average molecular weight is 510 g/mol. The normalized spacial score (nSPS) is 18.5. The van der Waals surface area contributed by atoms with E-state index in [4.69, 9.17) is 10.2 Å². The van der Waals surface area contributed by atoms with Crippen LogP contribution in [-0.4, -0.2) is 74.1 Å². The van der Waals surface area contributed by atoms with Crippen LogP contribution in [0.5, 0.6) is 0 Å². The van der Waals surface area contributed by atoms with Crippen LogP contribution in [0.3, 0.4) is 0 Å². The number of furan rings is 1. The van der Waals surface area contributed by atoms with Crippen molar-refractivity contribution >= 4 is 29.3 Å². The monoisotopic (exact) mass is 509 g/mol. The summed E-state index contributed by atoms with van der Waals surface area (Å²) in [5.74, 6) is 0.270. The van der Waals surface area contributed by atoms with Crippen LogP contribution in [0.1, 0.15) is 19.3 Å². The predicted octanol–water partition coefficient (Wildman–Crippen LogP) is 2.35. The molecule has 2 saturated heterocycles. The Labute approximate surface area is 210 Å². The quantitative estimate of drug-likeness (QED) is 0.442. The Bertz CT molecular complexity index is 1440. The molecule has 0 saturated carbocycles. The number of nitrogens with zero attached hydrogens (tertiary/aromatic N) is 8. The summed E-state index contributed by atoms with van der Waals surface area (Å²) < 4.78 is 34.4. The van der Waals surface area contributed by atoms with Crippen LogP contribution in [0, 0.1) is 11.6 Å². The van der Waals surface area contributed by atoms with Crippen LogP contribution < -0.4 is 15.5 Å². The number of hydrogen-bond acceptors (Lipinski definition) is 9. The van der Waals surface area contributed by atoms with Gasteiger partial charge in [-0.15, -0.1) is 5.10 Å². The van der Waals surface area contributed by atoms with E-state index in [1.54, 1.807) is 17.0 Å². The summed E-state index contributed by atoms with van der Waals surface area (Å²) in [6.07, 6.45) is 3.65. The first-order valence-corrected chi connectivity index (χ1v) is 12.2. The number of nitrogen functional groups attached to an aromatic ring is 1. The zero-order chi connectivity index (χ0) is 25.5. The smallest absolute Gasteiger partial charge is 0.259 e. The van der Waals surface area contributed by atoms with Crippen LogP contribution >= 0.6 is 0 Å². The van der Waals surface area contributed by atoms with Gasteiger partial charge in [-0.25, -0.2) is 8.78 Å².